The Labute approximate surface area is 201 Å². The molecule has 1 saturated carbocycles. The zero-order valence-electron chi connectivity index (χ0n) is 20.0. The lowest BCUT2D eigenvalue weighted by Gasteiger charge is -2.32. The van der Waals surface area contributed by atoms with Crippen molar-refractivity contribution in [1.29, 1.82) is 0 Å². The molecule has 2 unspecified atom stereocenters. The van der Waals surface area contributed by atoms with E-state index >= 15 is 0 Å². The predicted molar refractivity (Wildman–Crippen MR) is 129 cm³/mol. The molecule has 35 heavy (non-hydrogen) atoms. The third-order valence-corrected chi connectivity index (χ3v) is 7.33. The first-order valence-corrected chi connectivity index (χ1v) is 12.0. The molecular weight excluding hydrogens is 450 g/mol. The Balaban J connectivity index is 1.28. The van der Waals surface area contributed by atoms with Crippen LogP contribution in [0.1, 0.15) is 31.2 Å². The van der Waals surface area contributed by atoms with E-state index in [1.54, 1.807) is 11.6 Å². The second-order valence-electron chi connectivity index (χ2n) is 9.35. The van der Waals surface area contributed by atoms with Gasteiger partial charge in [-0.1, -0.05) is 31.0 Å². The minimum Gasteiger partial charge on any atom is -0.464 e. The maximum absolute atomic E-state index is 13.5. The number of rotatable bonds is 5. The van der Waals surface area contributed by atoms with Crippen LogP contribution in [-0.4, -0.2) is 43.7 Å². The van der Waals surface area contributed by atoms with E-state index in [4.69, 9.17) is 4.74 Å². The number of amides is 1. The Kier molecular flexibility index (Phi) is 6.04. The Morgan fingerprint density at radius 2 is 1.80 bits per heavy atom. The standard InChI is InChI=1S/C25H29N5O5/c1-27-21-20(23(32)28(2)25(27)34)29(15-26-21)13-14-35-24(33)18-9-5-4-8-17(18)22(31)30-12-11-16-7-3-6-10-19(16)30/h3,6-7,10,15,17-18H,4-5,8-9,11-14H2,1-2H3. The number of carbonyl (C=O) groups excluding carboxylic acids is 2. The number of benzene rings is 1. The maximum Gasteiger partial charge on any atom is 0.332 e. The fourth-order valence-electron chi connectivity index (χ4n) is 5.39. The molecule has 1 fully saturated rings. The summed E-state index contributed by atoms with van der Waals surface area (Å²) in [6.07, 6.45) is 5.40. The quantitative estimate of drug-likeness (QED) is 0.512. The number of anilines is 1. The molecule has 3 aromatic rings. The summed E-state index contributed by atoms with van der Waals surface area (Å²) in [5.74, 6) is -1.24. The van der Waals surface area contributed by atoms with Crippen LogP contribution >= 0.6 is 0 Å². The van der Waals surface area contributed by atoms with Crippen LogP contribution in [0.25, 0.3) is 11.2 Å². The number of para-hydroxylation sites is 1. The van der Waals surface area contributed by atoms with Gasteiger partial charge >= 0.3 is 11.7 Å². The van der Waals surface area contributed by atoms with Crippen molar-refractivity contribution in [3.8, 4) is 0 Å². The largest absolute Gasteiger partial charge is 0.464 e. The van der Waals surface area contributed by atoms with Crippen molar-refractivity contribution in [2.45, 2.75) is 38.6 Å². The van der Waals surface area contributed by atoms with E-state index in [2.05, 4.69) is 4.98 Å². The van der Waals surface area contributed by atoms with Gasteiger partial charge in [-0.3, -0.25) is 23.5 Å². The normalized spacial score (nSPS) is 19.7. The molecule has 0 radical (unpaired) electrons. The SMILES string of the molecule is Cn1c(=O)c2c(ncn2CCOC(=O)C2CCCCC2C(=O)N2CCc3ccccc32)n(C)c1=O. The summed E-state index contributed by atoms with van der Waals surface area (Å²) in [4.78, 5) is 57.2. The zero-order valence-corrected chi connectivity index (χ0v) is 20.0. The van der Waals surface area contributed by atoms with Crippen LogP contribution in [-0.2, 0) is 41.4 Å². The van der Waals surface area contributed by atoms with Crippen molar-refractivity contribution in [2.75, 3.05) is 18.1 Å². The van der Waals surface area contributed by atoms with Gasteiger partial charge in [-0.2, -0.15) is 0 Å². The lowest BCUT2D eigenvalue weighted by atomic mass is 9.78. The summed E-state index contributed by atoms with van der Waals surface area (Å²) in [6.45, 7) is 0.905. The lowest BCUT2D eigenvalue weighted by Crippen LogP contribution is -2.42. The van der Waals surface area contributed by atoms with Gasteiger partial charge in [0.15, 0.2) is 11.2 Å². The highest BCUT2D eigenvalue weighted by molar-refractivity contribution is 5.99. The van der Waals surface area contributed by atoms with Gasteiger partial charge in [0.05, 0.1) is 24.7 Å². The number of aromatic nitrogens is 4. The molecule has 2 atom stereocenters. The van der Waals surface area contributed by atoms with Gasteiger partial charge in [0.25, 0.3) is 5.56 Å². The number of esters is 1. The number of hydrogen-bond donors (Lipinski definition) is 0. The second kappa shape index (κ2) is 9.16. The third-order valence-electron chi connectivity index (χ3n) is 7.33. The number of imidazole rings is 1. The third kappa shape index (κ3) is 3.96. The number of hydrogen-bond acceptors (Lipinski definition) is 6. The molecule has 0 spiro atoms. The van der Waals surface area contributed by atoms with Crippen LogP contribution in [0.4, 0.5) is 5.69 Å². The molecule has 2 aromatic heterocycles. The fraction of sp³-hybridized carbons (Fsp3) is 0.480. The minimum absolute atomic E-state index is 0.00150. The average molecular weight is 480 g/mol. The molecule has 184 valence electrons. The number of aryl methyl sites for hydroxylation is 1. The van der Waals surface area contributed by atoms with E-state index in [0.29, 0.717) is 19.4 Å². The predicted octanol–water partition coefficient (Wildman–Crippen LogP) is 1.37. The molecule has 1 aliphatic heterocycles. The topological polar surface area (TPSA) is 108 Å². The molecule has 2 aliphatic rings. The Hall–Kier alpha value is -3.69. The van der Waals surface area contributed by atoms with Crippen LogP contribution in [0.15, 0.2) is 40.2 Å². The summed E-state index contributed by atoms with van der Waals surface area (Å²) >= 11 is 0. The van der Waals surface area contributed by atoms with Crippen molar-refractivity contribution in [3.63, 3.8) is 0 Å². The molecule has 5 rings (SSSR count). The lowest BCUT2D eigenvalue weighted by molar-refractivity contribution is -0.154. The molecule has 0 bridgehead atoms. The highest BCUT2D eigenvalue weighted by Gasteiger charge is 2.40. The summed E-state index contributed by atoms with van der Waals surface area (Å²) in [7, 11) is 2.97. The van der Waals surface area contributed by atoms with Crippen molar-refractivity contribution >= 4 is 28.7 Å². The van der Waals surface area contributed by atoms with Crippen LogP contribution in [0, 0.1) is 11.8 Å². The van der Waals surface area contributed by atoms with Crippen LogP contribution < -0.4 is 16.1 Å². The summed E-state index contributed by atoms with van der Waals surface area (Å²) < 4.78 is 9.54. The van der Waals surface area contributed by atoms with Crippen molar-refractivity contribution in [3.05, 3.63) is 57.0 Å². The number of nitrogens with zero attached hydrogens (tertiary/aromatic N) is 5. The van der Waals surface area contributed by atoms with Gasteiger partial charge in [0.2, 0.25) is 5.91 Å². The maximum atomic E-state index is 13.5. The number of ether oxygens (including phenoxy) is 1. The van der Waals surface area contributed by atoms with Crippen LogP contribution in [0.2, 0.25) is 0 Å². The van der Waals surface area contributed by atoms with Crippen LogP contribution in [0.5, 0.6) is 0 Å². The molecule has 10 heteroatoms. The minimum atomic E-state index is -0.475. The van der Waals surface area contributed by atoms with Gasteiger partial charge in [0, 0.05) is 26.3 Å². The highest BCUT2D eigenvalue weighted by atomic mass is 16.5. The molecule has 0 saturated heterocycles. The monoisotopic (exact) mass is 479 g/mol. The van der Waals surface area contributed by atoms with E-state index in [-0.39, 0.29) is 36.2 Å². The number of fused-ring (bicyclic) bond motifs is 2. The summed E-state index contributed by atoms with van der Waals surface area (Å²) in [5.41, 5.74) is 1.77. The summed E-state index contributed by atoms with van der Waals surface area (Å²) in [6, 6.07) is 7.92. The number of carbonyl (C=O) groups is 2. The van der Waals surface area contributed by atoms with E-state index in [1.165, 1.54) is 17.9 Å². The van der Waals surface area contributed by atoms with E-state index in [1.807, 2.05) is 29.2 Å². The Morgan fingerprint density at radius 1 is 1.06 bits per heavy atom. The van der Waals surface area contributed by atoms with Gasteiger partial charge in [-0.25, -0.2) is 9.78 Å². The Bertz CT molecular complexity index is 1420. The van der Waals surface area contributed by atoms with Gasteiger partial charge in [-0.15, -0.1) is 0 Å². The Morgan fingerprint density at radius 3 is 2.60 bits per heavy atom. The summed E-state index contributed by atoms with van der Waals surface area (Å²) in [5, 5.41) is 0. The van der Waals surface area contributed by atoms with Gasteiger partial charge in [0.1, 0.15) is 6.61 Å². The first-order chi connectivity index (χ1) is 16.9. The first-order valence-electron chi connectivity index (χ1n) is 12.0. The highest BCUT2D eigenvalue weighted by Crippen LogP contribution is 2.36. The average Bonchev–Trinajstić information content (AvgIpc) is 3.50. The molecule has 1 aliphatic carbocycles. The second-order valence-corrected chi connectivity index (χ2v) is 9.35. The van der Waals surface area contributed by atoms with E-state index in [9.17, 15) is 19.2 Å². The van der Waals surface area contributed by atoms with Crippen molar-refractivity contribution in [2.24, 2.45) is 25.9 Å². The molecule has 3 heterocycles. The van der Waals surface area contributed by atoms with Crippen molar-refractivity contribution in [1.82, 2.24) is 18.7 Å². The fourth-order valence-corrected chi connectivity index (χ4v) is 5.39. The molecule has 10 nitrogen and oxygen atoms in total. The zero-order chi connectivity index (χ0) is 24.7. The first kappa shape index (κ1) is 23.1. The van der Waals surface area contributed by atoms with Crippen molar-refractivity contribution < 1.29 is 14.3 Å². The molecular formula is C25H29N5O5. The molecule has 0 N–H and O–H groups in total. The van der Waals surface area contributed by atoms with Crippen LogP contribution in [0.3, 0.4) is 0 Å². The smallest absolute Gasteiger partial charge is 0.332 e. The molecule has 1 amide bonds. The van der Waals surface area contributed by atoms with E-state index in [0.717, 1.165) is 35.1 Å². The molecule has 1 aromatic carbocycles. The van der Waals surface area contributed by atoms with Gasteiger partial charge in [-0.05, 0) is 30.9 Å². The van der Waals surface area contributed by atoms with Gasteiger partial charge < -0.3 is 14.2 Å². The van der Waals surface area contributed by atoms with E-state index < -0.39 is 23.1 Å².